The van der Waals surface area contributed by atoms with Crippen LogP contribution in [0.15, 0.2) is 18.2 Å². The number of aliphatic hydroxyl groups is 1. The summed E-state index contributed by atoms with van der Waals surface area (Å²) < 4.78 is 13.6. The molecule has 0 spiro atoms. The summed E-state index contributed by atoms with van der Waals surface area (Å²) in [5.41, 5.74) is -0.468. The van der Waals surface area contributed by atoms with Crippen LogP contribution in [0.25, 0.3) is 0 Å². The van der Waals surface area contributed by atoms with Crippen molar-refractivity contribution in [2.75, 3.05) is 11.9 Å². The number of hydrogen-bond acceptors (Lipinski definition) is 3. The molecule has 0 bridgehead atoms. The second-order valence-electron chi connectivity index (χ2n) is 5.63. The number of carbonyl (C=O) groups excluding carboxylic acids is 2. The van der Waals surface area contributed by atoms with Crippen molar-refractivity contribution in [2.45, 2.75) is 33.3 Å². The van der Waals surface area contributed by atoms with E-state index in [2.05, 4.69) is 10.6 Å². The van der Waals surface area contributed by atoms with Gasteiger partial charge >= 0.3 is 11.8 Å². The number of amides is 2. The lowest BCUT2D eigenvalue weighted by Gasteiger charge is -2.27. The molecule has 0 saturated heterocycles. The number of nitrogens with one attached hydrogen (secondary N) is 2. The van der Waals surface area contributed by atoms with Crippen LogP contribution in [0.5, 0.6) is 0 Å². The van der Waals surface area contributed by atoms with Gasteiger partial charge in [-0.3, -0.25) is 9.59 Å². The van der Waals surface area contributed by atoms with Gasteiger partial charge in [0.2, 0.25) is 0 Å². The molecule has 1 aromatic carbocycles. The number of rotatable bonds is 4. The molecule has 21 heavy (non-hydrogen) atoms. The smallest absolute Gasteiger partial charge is 0.313 e. The zero-order valence-corrected chi connectivity index (χ0v) is 12.7. The number of benzene rings is 1. The SMILES string of the molecule is Cc1ccc(NC(=O)C(=O)NCC(C)(O)C(C)C)c(F)c1. The zero-order chi connectivity index (χ0) is 16.2. The van der Waals surface area contributed by atoms with Crippen molar-refractivity contribution in [2.24, 2.45) is 5.92 Å². The molecule has 1 unspecified atom stereocenters. The van der Waals surface area contributed by atoms with Crippen LogP contribution < -0.4 is 10.6 Å². The Balaban J connectivity index is 2.61. The normalized spacial score (nSPS) is 13.7. The molecule has 116 valence electrons. The van der Waals surface area contributed by atoms with Crippen molar-refractivity contribution in [3.8, 4) is 0 Å². The number of aryl methyl sites for hydroxylation is 1. The molecular weight excluding hydrogens is 275 g/mol. The predicted octanol–water partition coefficient (Wildman–Crippen LogP) is 1.60. The van der Waals surface area contributed by atoms with Crippen LogP contribution in [-0.4, -0.2) is 29.1 Å². The van der Waals surface area contributed by atoms with Gasteiger partial charge in [0.15, 0.2) is 0 Å². The average Bonchev–Trinajstić information content (AvgIpc) is 2.39. The molecular formula is C15H21FN2O3. The molecule has 5 nitrogen and oxygen atoms in total. The number of hydrogen-bond donors (Lipinski definition) is 3. The first-order valence-corrected chi connectivity index (χ1v) is 6.71. The summed E-state index contributed by atoms with van der Waals surface area (Å²) in [5.74, 6) is -2.59. The summed E-state index contributed by atoms with van der Waals surface area (Å²) in [4.78, 5) is 23.3. The number of anilines is 1. The standard InChI is InChI=1S/C15H21FN2O3/c1-9(2)15(4,21)8-17-13(19)14(20)18-12-6-5-10(3)7-11(12)16/h5-7,9,21H,8H2,1-4H3,(H,17,19)(H,18,20). The molecule has 3 N–H and O–H groups in total. The van der Waals surface area contributed by atoms with E-state index in [-0.39, 0.29) is 18.2 Å². The first-order valence-electron chi connectivity index (χ1n) is 6.71. The molecule has 6 heteroatoms. The Kier molecular flexibility index (Phi) is 5.43. The third-order valence-electron chi connectivity index (χ3n) is 3.43. The Labute approximate surface area is 123 Å². The maximum atomic E-state index is 13.6. The van der Waals surface area contributed by atoms with E-state index in [1.54, 1.807) is 33.8 Å². The quantitative estimate of drug-likeness (QED) is 0.738. The van der Waals surface area contributed by atoms with Gasteiger partial charge in [-0.1, -0.05) is 19.9 Å². The highest BCUT2D eigenvalue weighted by atomic mass is 19.1. The highest BCUT2D eigenvalue weighted by Crippen LogP contribution is 2.16. The Morgan fingerprint density at radius 2 is 1.95 bits per heavy atom. The lowest BCUT2D eigenvalue weighted by molar-refractivity contribution is -0.137. The van der Waals surface area contributed by atoms with E-state index in [1.165, 1.54) is 12.1 Å². The topological polar surface area (TPSA) is 78.4 Å². The molecule has 2 amide bonds. The van der Waals surface area contributed by atoms with Crippen LogP contribution >= 0.6 is 0 Å². The first-order chi connectivity index (χ1) is 9.63. The van der Waals surface area contributed by atoms with Crippen molar-refractivity contribution >= 4 is 17.5 Å². The minimum Gasteiger partial charge on any atom is -0.388 e. The molecule has 1 atom stereocenters. The van der Waals surface area contributed by atoms with Crippen LogP contribution in [-0.2, 0) is 9.59 Å². The van der Waals surface area contributed by atoms with E-state index in [0.717, 1.165) is 0 Å². The van der Waals surface area contributed by atoms with E-state index in [1.807, 2.05) is 0 Å². The molecule has 0 aliphatic heterocycles. The summed E-state index contributed by atoms with van der Waals surface area (Å²) >= 11 is 0. The lowest BCUT2D eigenvalue weighted by Crippen LogP contribution is -2.47. The van der Waals surface area contributed by atoms with Crippen LogP contribution in [0.3, 0.4) is 0 Å². The largest absolute Gasteiger partial charge is 0.388 e. The molecule has 1 aromatic rings. The summed E-state index contributed by atoms with van der Waals surface area (Å²) in [6.45, 7) is 6.82. The first kappa shape index (κ1) is 17.1. The third-order valence-corrected chi connectivity index (χ3v) is 3.43. The maximum absolute atomic E-state index is 13.6. The third kappa shape index (κ3) is 4.82. The average molecular weight is 296 g/mol. The highest BCUT2D eigenvalue weighted by Gasteiger charge is 2.26. The minimum absolute atomic E-state index is 0.0589. The Hall–Kier alpha value is -1.95. The highest BCUT2D eigenvalue weighted by molar-refractivity contribution is 6.39. The predicted molar refractivity (Wildman–Crippen MR) is 78.2 cm³/mol. The van der Waals surface area contributed by atoms with Crippen LogP contribution in [0.1, 0.15) is 26.3 Å². The lowest BCUT2D eigenvalue weighted by atomic mass is 9.92. The molecule has 0 radical (unpaired) electrons. The van der Waals surface area contributed by atoms with E-state index < -0.39 is 23.2 Å². The minimum atomic E-state index is -1.12. The monoisotopic (exact) mass is 296 g/mol. The molecule has 0 aromatic heterocycles. The van der Waals surface area contributed by atoms with Crippen molar-refractivity contribution in [3.63, 3.8) is 0 Å². The van der Waals surface area contributed by atoms with E-state index >= 15 is 0 Å². The van der Waals surface area contributed by atoms with Crippen LogP contribution in [0.2, 0.25) is 0 Å². The van der Waals surface area contributed by atoms with Gasteiger partial charge in [-0.05, 0) is 37.5 Å². The van der Waals surface area contributed by atoms with Gasteiger partial charge in [0.25, 0.3) is 0 Å². The Morgan fingerprint density at radius 1 is 1.33 bits per heavy atom. The molecule has 1 rings (SSSR count). The molecule has 0 saturated carbocycles. The fourth-order valence-corrected chi connectivity index (χ4v) is 1.44. The van der Waals surface area contributed by atoms with Gasteiger partial charge in [-0.25, -0.2) is 4.39 Å². The van der Waals surface area contributed by atoms with Gasteiger partial charge in [0, 0.05) is 6.54 Å². The van der Waals surface area contributed by atoms with Crippen molar-refractivity contribution in [1.29, 1.82) is 0 Å². The van der Waals surface area contributed by atoms with Crippen molar-refractivity contribution in [1.82, 2.24) is 5.32 Å². The van der Waals surface area contributed by atoms with Crippen molar-refractivity contribution in [3.05, 3.63) is 29.6 Å². The molecule has 0 fully saturated rings. The second-order valence-corrected chi connectivity index (χ2v) is 5.63. The maximum Gasteiger partial charge on any atom is 0.313 e. The van der Waals surface area contributed by atoms with Gasteiger partial charge in [-0.15, -0.1) is 0 Å². The Bertz CT molecular complexity index is 542. The summed E-state index contributed by atoms with van der Waals surface area (Å²) in [5, 5.41) is 14.5. The fraction of sp³-hybridized carbons (Fsp3) is 0.467. The molecule has 0 aliphatic rings. The molecule has 0 heterocycles. The second kappa shape index (κ2) is 6.67. The summed E-state index contributed by atoms with van der Waals surface area (Å²) in [6.07, 6.45) is 0. The van der Waals surface area contributed by atoms with Gasteiger partial charge in [0.05, 0.1) is 11.3 Å². The number of carbonyl (C=O) groups is 2. The van der Waals surface area contributed by atoms with Crippen LogP contribution in [0, 0.1) is 18.7 Å². The van der Waals surface area contributed by atoms with E-state index in [9.17, 15) is 19.1 Å². The van der Waals surface area contributed by atoms with Gasteiger partial charge in [-0.2, -0.15) is 0 Å². The zero-order valence-electron chi connectivity index (χ0n) is 12.7. The Morgan fingerprint density at radius 3 is 2.48 bits per heavy atom. The van der Waals surface area contributed by atoms with Crippen LogP contribution in [0.4, 0.5) is 10.1 Å². The van der Waals surface area contributed by atoms with E-state index in [0.29, 0.717) is 5.56 Å². The fourth-order valence-electron chi connectivity index (χ4n) is 1.44. The number of halogens is 1. The molecule has 0 aliphatic carbocycles. The van der Waals surface area contributed by atoms with Gasteiger partial charge < -0.3 is 15.7 Å². The van der Waals surface area contributed by atoms with Crippen molar-refractivity contribution < 1.29 is 19.1 Å². The van der Waals surface area contributed by atoms with Gasteiger partial charge in [0.1, 0.15) is 5.82 Å². The summed E-state index contributed by atoms with van der Waals surface area (Å²) in [7, 11) is 0. The van der Waals surface area contributed by atoms with E-state index in [4.69, 9.17) is 0 Å². The summed E-state index contributed by atoms with van der Waals surface area (Å²) in [6, 6.07) is 4.28.